The van der Waals surface area contributed by atoms with Crippen molar-refractivity contribution in [1.82, 2.24) is 0 Å². The third-order valence-corrected chi connectivity index (χ3v) is 3.44. The number of aliphatic hydroxyl groups is 3. The fourth-order valence-electron chi connectivity index (χ4n) is 2.27. The summed E-state index contributed by atoms with van der Waals surface area (Å²) in [4.78, 5) is 27.0. The van der Waals surface area contributed by atoms with Gasteiger partial charge in [-0.1, -0.05) is 0 Å². The van der Waals surface area contributed by atoms with Crippen LogP contribution >= 0.6 is 0 Å². The summed E-state index contributed by atoms with van der Waals surface area (Å²) in [5.74, 6) is -0.463. The quantitative estimate of drug-likeness (QED) is 0.323. The molecule has 0 aromatic heterocycles. The summed E-state index contributed by atoms with van der Waals surface area (Å²) in [6.45, 7) is -0.469. The first-order chi connectivity index (χ1) is 10.5. The number of hydrogen-bond donors (Lipinski definition) is 4. The van der Waals surface area contributed by atoms with E-state index in [4.69, 9.17) is 15.6 Å². The summed E-state index contributed by atoms with van der Waals surface area (Å²) in [7, 11) is 0. The molecule has 1 fully saturated rings. The summed E-state index contributed by atoms with van der Waals surface area (Å²) < 4.78 is 5.20. The Balaban J connectivity index is 1.89. The number of amides is 1. The van der Waals surface area contributed by atoms with Crippen LogP contribution in [0.15, 0.2) is 31.1 Å². The molecule has 0 bridgehead atoms. The third kappa shape index (κ3) is 2.27. The number of aliphatic imine (C=N–C) groups is 4. The van der Waals surface area contributed by atoms with Gasteiger partial charge in [0.1, 0.15) is 30.5 Å². The Kier molecular flexibility index (Phi) is 3.66. The van der Waals surface area contributed by atoms with Crippen molar-refractivity contribution in [3.63, 3.8) is 0 Å². The van der Waals surface area contributed by atoms with Crippen LogP contribution in [0.2, 0.25) is 0 Å². The van der Waals surface area contributed by atoms with Crippen LogP contribution in [0, 0.1) is 0 Å². The largest absolute Gasteiger partial charge is 0.394 e. The first-order valence-electron chi connectivity index (χ1n) is 6.42. The highest BCUT2D eigenvalue weighted by Gasteiger charge is 2.42. The van der Waals surface area contributed by atoms with E-state index in [0.717, 1.165) is 6.34 Å². The maximum Gasteiger partial charge on any atom is 0.283 e. The van der Waals surface area contributed by atoms with Crippen molar-refractivity contribution in [1.29, 1.82) is 0 Å². The van der Waals surface area contributed by atoms with Crippen LogP contribution in [0.4, 0.5) is 0 Å². The molecular formula is C12H13N5O5. The molecule has 0 aromatic rings. The van der Waals surface area contributed by atoms with Gasteiger partial charge in [0, 0.05) is 6.21 Å². The molecule has 3 heterocycles. The number of nitrogens with zero attached hydrogens (tertiary/aromatic N) is 4. The molecule has 3 rings (SSSR count). The molecule has 4 atom stereocenters. The monoisotopic (exact) mass is 307 g/mol. The normalized spacial score (nSPS) is 34.4. The fourth-order valence-corrected chi connectivity index (χ4v) is 2.27. The predicted molar refractivity (Wildman–Crippen MR) is 75.8 cm³/mol. The van der Waals surface area contributed by atoms with Gasteiger partial charge in [0.2, 0.25) is 0 Å². The molecule has 0 radical (unpaired) electrons. The minimum atomic E-state index is -1.34. The Labute approximate surface area is 124 Å². The van der Waals surface area contributed by atoms with E-state index < -0.39 is 37.1 Å². The minimum absolute atomic E-state index is 0.107. The van der Waals surface area contributed by atoms with Crippen molar-refractivity contribution in [3.05, 3.63) is 11.1 Å². The number of nitrogens with two attached hydrogens (primary N) is 1. The van der Waals surface area contributed by atoms with E-state index in [1.807, 2.05) is 0 Å². The zero-order valence-corrected chi connectivity index (χ0v) is 11.2. The van der Waals surface area contributed by atoms with Crippen molar-refractivity contribution < 1.29 is 24.9 Å². The SMILES string of the molecule is NC(=NC1O[C@H](CO)[C@@H](O)[C@H]1O)C1=C2C(=O)N=CN=C2N=C1. The molecule has 10 heteroatoms. The van der Waals surface area contributed by atoms with Gasteiger partial charge in [-0.3, -0.25) is 4.79 Å². The molecule has 116 valence electrons. The van der Waals surface area contributed by atoms with Crippen LogP contribution in [0.1, 0.15) is 0 Å². The highest BCUT2D eigenvalue weighted by molar-refractivity contribution is 6.38. The highest BCUT2D eigenvalue weighted by atomic mass is 16.6. The van der Waals surface area contributed by atoms with E-state index in [1.165, 1.54) is 6.21 Å². The molecule has 1 saturated heterocycles. The number of ether oxygens (including phenoxy) is 1. The number of aliphatic hydroxyl groups excluding tert-OH is 3. The number of hydrogen-bond acceptors (Lipinski definition) is 8. The van der Waals surface area contributed by atoms with Gasteiger partial charge in [-0.15, -0.1) is 0 Å². The standard InChI is InChI=1S/C12H13N5O5/c13-9(17-12-8(20)7(19)5(2-18)22-12)4-1-14-10-6(4)11(21)16-3-15-10/h1,3,5,7-8,12,18-20H,2H2,(H2,13,17)/t5-,7-,8-,12?/m1/s1. The summed E-state index contributed by atoms with van der Waals surface area (Å²) in [5.41, 5.74) is 6.17. The van der Waals surface area contributed by atoms with E-state index >= 15 is 0 Å². The molecule has 22 heavy (non-hydrogen) atoms. The lowest BCUT2D eigenvalue weighted by Gasteiger charge is -2.11. The Bertz CT molecular complexity index is 665. The van der Waals surface area contributed by atoms with Crippen LogP contribution in [-0.4, -0.2) is 76.6 Å². The summed E-state index contributed by atoms with van der Waals surface area (Å²) in [6.07, 6.45) is -2.31. The Morgan fingerprint density at radius 3 is 2.82 bits per heavy atom. The Hall–Kier alpha value is -2.27. The van der Waals surface area contributed by atoms with Crippen LogP contribution in [-0.2, 0) is 9.53 Å². The fraction of sp³-hybridized carbons (Fsp3) is 0.417. The molecule has 10 nitrogen and oxygen atoms in total. The van der Waals surface area contributed by atoms with Gasteiger partial charge in [-0.2, -0.15) is 4.99 Å². The van der Waals surface area contributed by atoms with Gasteiger partial charge in [-0.05, 0) is 0 Å². The van der Waals surface area contributed by atoms with E-state index in [9.17, 15) is 15.0 Å². The molecule has 0 aromatic carbocycles. The van der Waals surface area contributed by atoms with Gasteiger partial charge >= 0.3 is 0 Å². The Morgan fingerprint density at radius 1 is 1.36 bits per heavy atom. The zero-order chi connectivity index (χ0) is 15.9. The first-order valence-corrected chi connectivity index (χ1v) is 6.42. The molecular weight excluding hydrogens is 294 g/mol. The van der Waals surface area contributed by atoms with E-state index in [2.05, 4.69) is 20.0 Å². The van der Waals surface area contributed by atoms with E-state index in [0.29, 0.717) is 0 Å². The van der Waals surface area contributed by atoms with Crippen molar-refractivity contribution in [2.24, 2.45) is 25.7 Å². The number of fused-ring (bicyclic) bond motifs is 1. The van der Waals surface area contributed by atoms with E-state index in [-0.39, 0.29) is 22.8 Å². The average Bonchev–Trinajstić information content (AvgIpc) is 3.05. The van der Waals surface area contributed by atoms with Gasteiger partial charge in [-0.25, -0.2) is 15.0 Å². The van der Waals surface area contributed by atoms with Crippen LogP contribution in [0.3, 0.4) is 0 Å². The van der Waals surface area contributed by atoms with Gasteiger partial charge in [0.25, 0.3) is 5.91 Å². The lowest BCUT2D eigenvalue weighted by molar-refractivity contribution is -0.113. The van der Waals surface area contributed by atoms with Crippen molar-refractivity contribution in [2.75, 3.05) is 6.61 Å². The second kappa shape index (κ2) is 5.50. The van der Waals surface area contributed by atoms with Gasteiger partial charge in [0.05, 0.1) is 17.8 Å². The minimum Gasteiger partial charge on any atom is -0.394 e. The van der Waals surface area contributed by atoms with Gasteiger partial charge < -0.3 is 25.8 Å². The van der Waals surface area contributed by atoms with Crippen LogP contribution in [0.5, 0.6) is 0 Å². The van der Waals surface area contributed by atoms with Crippen LogP contribution in [0.25, 0.3) is 0 Å². The zero-order valence-electron chi connectivity index (χ0n) is 11.2. The number of carbonyl (C=O) groups excluding carboxylic acids is 1. The summed E-state index contributed by atoms with van der Waals surface area (Å²) in [5, 5.41) is 28.5. The predicted octanol–water partition coefficient (Wildman–Crippen LogP) is -2.87. The Morgan fingerprint density at radius 2 is 2.14 bits per heavy atom. The average molecular weight is 307 g/mol. The topological polar surface area (TPSA) is 162 Å². The second-order valence-corrected chi connectivity index (χ2v) is 4.79. The number of rotatable bonds is 3. The summed E-state index contributed by atoms with van der Waals surface area (Å²) >= 11 is 0. The number of amidine groups is 2. The molecule has 3 aliphatic heterocycles. The highest BCUT2D eigenvalue weighted by Crippen LogP contribution is 2.23. The maximum absolute atomic E-state index is 11.8. The molecule has 1 unspecified atom stereocenters. The summed E-state index contributed by atoms with van der Waals surface area (Å²) in [6, 6.07) is 0. The maximum atomic E-state index is 11.8. The molecule has 0 aliphatic carbocycles. The lowest BCUT2D eigenvalue weighted by Crippen LogP contribution is -2.34. The number of carbonyl (C=O) groups is 1. The molecule has 0 saturated carbocycles. The van der Waals surface area contributed by atoms with Crippen LogP contribution < -0.4 is 5.73 Å². The van der Waals surface area contributed by atoms with Crippen molar-refractivity contribution in [3.8, 4) is 0 Å². The molecule has 1 amide bonds. The van der Waals surface area contributed by atoms with Crippen molar-refractivity contribution >= 4 is 30.1 Å². The second-order valence-electron chi connectivity index (χ2n) is 4.79. The van der Waals surface area contributed by atoms with Gasteiger partial charge in [0.15, 0.2) is 12.1 Å². The van der Waals surface area contributed by atoms with E-state index in [1.54, 1.807) is 0 Å². The smallest absolute Gasteiger partial charge is 0.283 e. The molecule has 5 N–H and O–H groups in total. The van der Waals surface area contributed by atoms with Crippen molar-refractivity contribution in [2.45, 2.75) is 24.5 Å². The third-order valence-electron chi connectivity index (χ3n) is 3.44. The lowest BCUT2D eigenvalue weighted by atomic mass is 10.1. The molecule has 3 aliphatic rings. The first kappa shape index (κ1) is 14.7. The molecule has 0 spiro atoms.